The zero-order chi connectivity index (χ0) is 14.7. The molecular weight excluding hydrogens is 270 g/mol. The SMILES string of the molecule is COc1ccc(-c2nnc(CN3CCCC(O)C3)o2)cc1. The number of ether oxygens (including phenoxy) is 1. The van der Waals surface area contributed by atoms with Gasteiger partial charge >= 0.3 is 0 Å². The van der Waals surface area contributed by atoms with Crippen molar-refractivity contribution in [3.8, 4) is 17.2 Å². The van der Waals surface area contributed by atoms with Crippen molar-refractivity contribution >= 4 is 0 Å². The molecule has 6 nitrogen and oxygen atoms in total. The van der Waals surface area contributed by atoms with Gasteiger partial charge in [-0.15, -0.1) is 10.2 Å². The van der Waals surface area contributed by atoms with Crippen molar-refractivity contribution in [3.63, 3.8) is 0 Å². The number of β-amino-alcohol motifs (C(OH)–C–C–N with tert-alkyl or cyclic N) is 1. The first-order valence-electron chi connectivity index (χ1n) is 7.12. The molecule has 21 heavy (non-hydrogen) atoms. The topological polar surface area (TPSA) is 71.6 Å². The van der Waals surface area contributed by atoms with E-state index in [1.54, 1.807) is 7.11 Å². The molecule has 0 saturated carbocycles. The van der Waals surface area contributed by atoms with E-state index in [0.717, 1.165) is 30.7 Å². The summed E-state index contributed by atoms with van der Waals surface area (Å²) in [6.45, 7) is 2.21. The summed E-state index contributed by atoms with van der Waals surface area (Å²) in [4.78, 5) is 2.14. The first kappa shape index (κ1) is 14.0. The van der Waals surface area contributed by atoms with E-state index in [9.17, 15) is 5.11 Å². The molecule has 0 spiro atoms. The minimum atomic E-state index is -0.247. The largest absolute Gasteiger partial charge is 0.497 e. The minimum Gasteiger partial charge on any atom is -0.497 e. The van der Waals surface area contributed by atoms with Crippen molar-refractivity contribution in [1.29, 1.82) is 0 Å². The second-order valence-electron chi connectivity index (χ2n) is 5.26. The summed E-state index contributed by atoms with van der Waals surface area (Å²) < 4.78 is 10.8. The van der Waals surface area contributed by atoms with E-state index in [1.165, 1.54) is 0 Å². The Kier molecular flexibility index (Phi) is 4.17. The summed E-state index contributed by atoms with van der Waals surface area (Å²) in [5.41, 5.74) is 0.869. The molecule has 2 heterocycles. The summed E-state index contributed by atoms with van der Waals surface area (Å²) in [5.74, 6) is 1.88. The van der Waals surface area contributed by atoms with Crippen LogP contribution in [0.4, 0.5) is 0 Å². The second kappa shape index (κ2) is 6.24. The fraction of sp³-hybridized carbons (Fsp3) is 0.467. The smallest absolute Gasteiger partial charge is 0.247 e. The van der Waals surface area contributed by atoms with Crippen molar-refractivity contribution in [3.05, 3.63) is 30.2 Å². The van der Waals surface area contributed by atoms with Gasteiger partial charge in [-0.3, -0.25) is 4.90 Å². The lowest BCUT2D eigenvalue weighted by Gasteiger charge is -2.28. The number of aromatic nitrogens is 2. The van der Waals surface area contributed by atoms with Crippen LogP contribution in [0.2, 0.25) is 0 Å². The van der Waals surface area contributed by atoms with E-state index in [4.69, 9.17) is 9.15 Å². The summed E-state index contributed by atoms with van der Waals surface area (Å²) in [5, 5.41) is 17.8. The third-order valence-corrected chi connectivity index (χ3v) is 3.64. The Balaban J connectivity index is 1.67. The Morgan fingerprint density at radius 1 is 1.33 bits per heavy atom. The van der Waals surface area contributed by atoms with E-state index in [-0.39, 0.29) is 6.10 Å². The molecule has 1 aliphatic heterocycles. The third-order valence-electron chi connectivity index (χ3n) is 3.64. The molecule has 1 fully saturated rings. The highest BCUT2D eigenvalue weighted by molar-refractivity contribution is 5.53. The van der Waals surface area contributed by atoms with Crippen molar-refractivity contribution in [2.75, 3.05) is 20.2 Å². The molecule has 0 radical (unpaired) electrons. The Morgan fingerprint density at radius 2 is 2.14 bits per heavy atom. The molecular formula is C15H19N3O3. The predicted molar refractivity (Wildman–Crippen MR) is 76.8 cm³/mol. The lowest BCUT2D eigenvalue weighted by molar-refractivity contribution is 0.0625. The Bertz CT molecular complexity index is 582. The van der Waals surface area contributed by atoms with Crippen LogP contribution >= 0.6 is 0 Å². The van der Waals surface area contributed by atoms with Crippen molar-refractivity contribution < 1.29 is 14.3 Å². The third kappa shape index (κ3) is 3.40. The van der Waals surface area contributed by atoms with Crippen LogP contribution in [-0.2, 0) is 6.54 Å². The van der Waals surface area contributed by atoms with Gasteiger partial charge in [-0.2, -0.15) is 0 Å². The average molecular weight is 289 g/mol. The fourth-order valence-electron chi connectivity index (χ4n) is 2.53. The molecule has 1 saturated heterocycles. The van der Waals surface area contributed by atoms with E-state index in [0.29, 0.717) is 24.9 Å². The monoisotopic (exact) mass is 289 g/mol. The van der Waals surface area contributed by atoms with E-state index in [1.807, 2.05) is 24.3 Å². The average Bonchev–Trinajstić information content (AvgIpc) is 2.96. The molecule has 0 aliphatic carbocycles. The van der Waals surface area contributed by atoms with Gasteiger partial charge in [-0.05, 0) is 43.7 Å². The number of aliphatic hydroxyl groups excluding tert-OH is 1. The molecule has 1 aliphatic rings. The second-order valence-corrected chi connectivity index (χ2v) is 5.26. The van der Waals surface area contributed by atoms with Gasteiger partial charge in [0.25, 0.3) is 0 Å². The standard InChI is InChI=1S/C15H19N3O3/c1-20-13-6-4-11(5-7-13)15-17-16-14(21-15)10-18-8-2-3-12(19)9-18/h4-7,12,19H,2-3,8-10H2,1H3. The number of nitrogens with zero attached hydrogens (tertiary/aromatic N) is 3. The quantitative estimate of drug-likeness (QED) is 0.923. The molecule has 1 N–H and O–H groups in total. The van der Waals surface area contributed by atoms with Gasteiger partial charge in [0, 0.05) is 12.1 Å². The molecule has 1 unspecified atom stereocenters. The van der Waals surface area contributed by atoms with Crippen LogP contribution in [0, 0.1) is 0 Å². The summed E-state index contributed by atoms with van der Waals surface area (Å²) in [7, 11) is 1.63. The summed E-state index contributed by atoms with van der Waals surface area (Å²) in [6.07, 6.45) is 1.63. The number of rotatable bonds is 4. The van der Waals surface area contributed by atoms with Gasteiger partial charge in [0.15, 0.2) is 0 Å². The van der Waals surface area contributed by atoms with Crippen LogP contribution in [0.1, 0.15) is 18.7 Å². The molecule has 1 atom stereocenters. The highest BCUT2D eigenvalue weighted by Crippen LogP contribution is 2.22. The van der Waals surface area contributed by atoms with E-state index < -0.39 is 0 Å². The normalized spacial score (nSPS) is 19.6. The number of methoxy groups -OCH3 is 1. The molecule has 1 aromatic heterocycles. The first-order chi connectivity index (χ1) is 10.2. The lowest BCUT2D eigenvalue weighted by Crippen LogP contribution is -2.37. The summed E-state index contributed by atoms with van der Waals surface area (Å²) >= 11 is 0. The number of benzene rings is 1. The predicted octanol–water partition coefficient (Wildman–Crippen LogP) is 1.70. The maximum Gasteiger partial charge on any atom is 0.247 e. The first-order valence-corrected chi connectivity index (χ1v) is 7.12. The number of hydrogen-bond donors (Lipinski definition) is 1. The highest BCUT2D eigenvalue weighted by Gasteiger charge is 2.20. The van der Waals surface area contributed by atoms with E-state index >= 15 is 0 Å². The number of likely N-dealkylation sites (tertiary alicyclic amines) is 1. The van der Waals surface area contributed by atoms with Crippen LogP contribution in [0.3, 0.4) is 0 Å². The summed E-state index contributed by atoms with van der Waals surface area (Å²) in [6, 6.07) is 7.50. The maximum atomic E-state index is 9.67. The van der Waals surface area contributed by atoms with Crippen LogP contribution in [0.5, 0.6) is 5.75 Å². The zero-order valence-electron chi connectivity index (χ0n) is 12.0. The molecule has 6 heteroatoms. The molecule has 112 valence electrons. The molecule has 0 bridgehead atoms. The van der Waals surface area contributed by atoms with Crippen LogP contribution in [0.25, 0.3) is 11.5 Å². The molecule has 2 aromatic rings. The molecule has 3 rings (SSSR count). The van der Waals surface area contributed by atoms with Gasteiger partial charge in [0.1, 0.15) is 5.75 Å². The van der Waals surface area contributed by atoms with Gasteiger partial charge in [0.05, 0.1) is 19.8 Å². The van der Waals surface area contributed by atoms with Crippen molar-refractivity contribution in [1.82, 2.24) is 15.1 Å². The molecule has 1 aromatic carbocycles. The Morgan fingerprint density at radius 3 is 2.86 bits per heavy atom. The van der Waals surface area contributed by atoms with Crippen LogP contribution in [0.15, 0.2) is 28.7 Å². The minimum absolute atomic E-state index is 0.247. The van der Waals surface area contributed by atoms with Crippen molar-refractivity contribution in [2.24, 2.45) is 0 Å². The number of hydrogen-bond acceptors (Lipinski definition) is 6. The highest BCUT2D eigenvalue weighted by atomic mass is 16.5. The Labute approximate surface area is 123 Å². The van der Waals surface area contributed by atoms with Crippen LogP contribution < -0.4 is 4.74 Å². The zero-order valence-corrected chi connectivity index (χ0v) is 12.0. The van der Waals surface area contributed by atoms with Gasteiger partial charge in [-0.25, -0.2) is 0 Å². The maximum absolute atomic E-state index is 9.67. The number of piperidine rings is 1. The van der Waals surface area contributed by atoms with E-state index in [2.05, 4.69) is 15.1 Å². The Hall–Kier alpha value is -1.92. The molecule has 0 amide bonds. The fourth-order valence-corrected chi connectivity index (χ4v) is 2.53. The van der Waals surface area contributed by atoms with Crippen LogP contribution in [-0.4, -0.2) is 46.5 Å². The van der Waals surface area contributed by atoms with Crippen molar-refractivity contribution in [2.45, 2.75) is 25.5 Å². The van der Waals surface area contributed by atoms with Gasteiger partial charge < -0.3 is 14.3 Å². The van der Waals surface area contributed by atoms with Gasteiger partial charge in [0.2, 0.25) is 11.8 Å². The number of aliphatic hydroxyl groups is 1. The van der Waals surface area contributed by atoms with Gasteiger partial charge in [-0.1, -0.05) is 0 Å². The lowest BCUT2D eigenvalue weighted by atomic mass is 10.1.